The minimum Gasteiger partial charge on any atom is -0.399 e. The summed E-state index contributed by atoms with van der Waals surface area (Å²) in [6.07, 6.45) is 0.484. The van der Waals surface area contributed by atoms with Crippen molar-refractivity contribution in [1.29, 1.82) is 0 Å². The van der Waals surface area contributed by atoms with Gasteiger partial charge in [0.25, 0.3) is 0 Å². The van der Waals surface area contributed by atoms with Crippen molar-refractivity contribution in [3.63, 3.8) is 0 Å². The van der Waals surface area contributed by atoms with Crippen LogP contribution in [-0.2, 0) is 0 Å². The fourth-order valence-electron chi connectivity index (χ4n) is 3.37. The third-order valence-electron chi connectivity index (χ3n) is 5.21. The van der Waals surface area contributed by atoms with E-state index in [-0.39, 0.29) is 30.3 Å². The largest absolute Gasteiger partial charge is 0.399 e. The molecule has 154 valence electrons. The Kier molecular flexibility index (Phi) is 6.52. The maximum Gasteiger partial charge on any atom is 0.163 e. The van der Waals surface area contributed by atoms with Crippen molar-refractivity contribution in [2.24, 2.45) is 0 Å². The predicted octanol–water partition coefficient (Wildman–Crippen LogP) is 4.55. The van der Waals surface area contributed by atoms with Crippen molar-refractivity contribution in [2.75, 3.05) is 30.5 Å². The number of benzene rings is 3. The first-order chi connectivity index (χ1) is 14.3. The summed E-state index contributed by atoms with van der Waals surface area (Å²) >= 11 is 0. The van der Waals surface area contributed by atoms with Crippen LogP contribution >= 0.6 is 0 Å². The lowest BCUT2D eigenvalue weighted by molar-refractivity contribution is 0.0944. The van der Waals surface area contributed by atoms with E-state index in [0.29, 0.717) is 22.5 Å². The Morgan fingerprint density at radius 1 is 0.700 bits per heavy atom. The molecule has 0 saturated carbocycles. The van der Waals surface area contributed by atoms with E-state index in [2.05, 4.69) is 0 Å². The third-order valence-corrected chi connectivity index (χ3v) is 5.21. The molecule has 5 nitrogen and oxygen atoms in total. The predicted molar refractivity (Wildman–Crippen MR) is 123 cm³/mol. The molecular weight excluding hydrogens is 374 g/mol. The highest BCUT2D eigenvalue weighted by molar-refractivity contribution is 5.99. The number of nitrogens with two attached hydrogens (primary N) is 2. The van der Waals surface area contributed by atoms with E-state index in [1.807, 2.05) is 43.3 Å². The first-order valence-electron chi connectivity index (χ1n) is 9.88. The molecule has 0 radical (unpaired) electrons. The molecule has 0 aliphatic rings. The van der Waals surface area contributed by atoms with E-state index in [1.54, 1.807) is 48.5 Å². The third kappa shape index (κ3) is 5.26. The highest BCUT2D eigenvalue weighted by Crippen LogP contribution is 2.29. The Bertz CT molecular complexity index is 948. The molecule has 3 rings (SSSR count). The number of Topliss-reactive ketones (excluding diaryl/α,β-unsaturated/α-hetero) is 2. The van der Waals surface area contributed by atoms with Crippen molar-refractivity contribution in [3.8, 4) is 0 Å². The minimum atomic E-state index is -0.226. The van der Waals surface area contributed by atoms with Crippen molar-refractivity contribution in [2.45, 2.75) is 18.8 Å². The summed E-state index contributed by atoms with van der Waals surface area (Å²) in [7, 11) is 3.95. The molecule has 0 bridgehead atoms. The van der Waals surface area contributed by atoms with E-state index in [9.17, 15) is 9.59 Å². The second-order valence-electron chi connectivity index (χ2n) is 7.68. The number of hydrogen-bond donors (Lipinski definition) is 2. The molecule has 3 aromatic rings. The molecule has 5 heteroatoms. The van der Waals surface area contributed by atoms with Gasteiger partial charge in [-0.2, -0.15) is 0 Å². The van der Waals surface area contributed by atoms with Crippen molar-refractivity contribution >= 4 is 28.6 Å². The summed E-state index contributed by atoms with van der Waals surface area (Å²) in [5, 5.41) is 0. The zero-order valence-electron chi connectivity index (χ0n) is 17.3. The van der Waals surface area contributed by atoms with Crippen LogP contribution in [0.4, 0.5) is 17.1 Å². The Morgan fingerprint density at radius 2 is 1.10 bits per heavy atom. The fraction of sp³-hybridized carbons (Fsp3) is 0.200. The number of hydrogen-bond acceptors (Lipinski definition) is 5. The van der Waals surface area contributed by atoms with Crippen LogP contribution < -0.4 is 16.4 Å². The number of ketones is 2. The summed E-state index contributed by atoms with van der Waals surface area (Å²) in [4.78, 5) is 27.8. The SMILES string of the molecule is CN(C)c1ccc(C(CC(=O)c2ccc(N)cc2)CC(=O)c2ccc(N)cc2)cc1. The number of nitrogens with zero attached hydrogens (tertiary/aromatic N) is 1. The van der Waals surface area contributed by atoms with Gasteiger partial charge in [-0.05, 0) is 72.1 Å². The molecule has 0 saturated heterocycles. The Labute approximate surface area is 177 Å². The number of carbonyl (C=O) groups is 2. The van der Waals surface area contributed by atoms with Gasteiger partial charge in [0.15, 0.2) is 11.6 Å². The van der Waals surface area contributed by atoms with Crippen LogP contribution in [0.1, 0.15) is 45.0 Å². The zero-order valence-corrected chi connectivity index (χ0v) is 17.3. The molecule has 0 unspecified atom stereocenters. The van der Waals surface area contributed by atoms with Crippen LogP contribution in [0.15, 0.2) is 72.8 Å². The number of rotatable bonds is 8. The zero-order chi connectivity index (χ0) is 21.7. The average Bonchev–Trinajstić information content (AvgIpc) is 2.74. The van der Waals surface area contributed by atoms with E-state index in [1.165, 1.54) is 0 Å². The molecule has 0 atom stereocenters. The lowest BCUT2D eigenvalue weighted by atomic mass is 9.86. The summed E-state index contributed by atoms with van der Waals surface area (Å²) in [5.74, 6) is -0.250. The van der Waals surface area contributed by atoms with E-state index >= 15 is 0 Å². The molecule has 0 fully saturated rings. The second-order valence-corrected chi connectivity index (χ2v) is 7.68. The molecule has 3 aromatic carbocycles. The normalized spacial score (nSPS) is 10.8. The van der Waals surface area contributed by atoms with Gasteiger partial charge in [-0.1, -0.05) is 12.1 Å². The lowest BCUT2D eigenvalue weighted by Crippen LogP contribution is -2.13. The molecular formula is C25H27N3O2. The second kappa shape index (κ2) is 9.27. The van der Waals surface area contributed by atoms with Crippen LogP contribution in [0.5, 0.6) is 0 Å². The van der Waals surface area contributed by atoms with Gasteiger partial charge in [-0.3, -0.25) is 9.59 Å². The lowest BCUT2D eigenvalue weighted by Gasteiger charge is -2.19. The molecule has 30 heavy (non-hydrogen) atoms. The number of carbonyl (C=O) groups excluding carboxylic acids is 2. The van der Waals surface area contributed by atoms with Gasteiger partial charge in [0, 0.05) is 55.1 Å². The van der Waals surface area contributed by atoms with Gasteiger partial charge >= 0.3 is 0 Å². The molecule has 0 aliphatic heterocycles. The van der Waals surface area contributed by atoms with Gasteiger partial charge in [0.05, 0.1) is 0 Å². The molecule has 0 spiro atoms. The van der Waals surface area contributed by atoms with E-state index in [0.717, 1.165) is 11.3 Å². The van der Waals surface area contributed by atoms with Gasteiger partial charge in [0.2, 0.25) is 0 Å². The summed E-state index contributed by atoms with van der Waals surface area (Å²) in [6.45, 7) is 0. The quantitative estimate of drug-likeness (QED) is 0.427. The molecule has 0 heterocycles. The van der Waals surface area contributed by atoms with Crippen LogP contribution in [0.3, 0.4) is 0 Å². The Morgan fingerprint density at radius 3 is 1.47 bits per heavy atom. The molecule has 0 aliphatic carbocycles. The summed E-state index contributed by atoms with van der Waals surface area (Å²) in [5.41, 5.74) is 15.9. The Balaban J connectivity index is 1.85. The first kappa shape index (κ1) is 21.1. The maximum atomic E-state index is 12.9. The standard InChI is InChI=1S/C25H27N3O2/c1-28(2)23-13-7-17(8-14-23)20(15-24(29)18-3-9-21(26)10-4-18)16-25(30)19-5-11-22(27)12-6-19/h3-14,20H,15-16,26-27H2,1-2H3. The number of nitrogen functional groups attached to an aromatic ring is 2. The first-order valence-corrected chi connectivity index (χ1v) is 9.88. The van der Waals surface area contributed by atoms with Crippen molar-refractivity contribution in [3.05, 3.63) is 89.5 Å². The fourth-order valence-corrected chi connectivity index (χ4v) is 3.37. The van der Waals surface area contributed by atoms with Crippen LogP contribution in [0, 0.1) is 0 Å². The highest BCUT2D eigenvalue weighted by Gasteiger charge is 2.21. The molecule has 0 aromatic heterocycles. The maximum absolute atomic E-state index is 12.9. The minimum absolute atomic E-state index is 0.0122. The average molecular weight is 402 g/mol. The van der Waals surface area contributed by atoms with Crippen LogP contribution in [0.2, 0.25) is 0 Å². The monoisotopic (exact) mass is 401 g/mol. The van der Waals surface area contributed by atoms with Crippen LogP contribution in [0.25, 0.3) is 0 Å². The van der Waals surface area contributed by atoms with Gasteiger partial charge in [0.1, 0.15) is 0 Å². The topological polar surface area (TPSA) is 89.4 Å². The Hall–Kier alpha value is -3.60. The summed E-state index contributed by atoms with van der Waals surface area (Å²) < 4.78 is 0. The highest BCUT2D eigenvalue weighted by atomic mass is 16.1. The van der Waals surface area contributed by atoms with Gasteiger partial charge in [-0.15, -0.1) is 0 Å². The van der Waals surface area contributed by atoms with Crippen molar-refractivity contribution in [1.82, 2.24) is 0 Å². The van der Waals surface area contributed by atoms with Crippen molar-refractivity contribution < 1.29 is 9.59 Å². The van der Waals surface area contributed by atoms with Gasteiger partial charge < -0.3 is 16.4 Å². The molecule has 4 N–H and O–H groups in total. The summed E-state index contributed by atoms with van der Waals surface area (Å²) in [6, 6.07) is 21.8. The van der Waals surface area contributed by atoms with Gasteiger partial charge in [-0.25, -0.2) is 0 Å². The van der Waals surface area contributed by atoms with Crippen LogP contribution in [-0.4, -0.2) is 25.7 Å². The number of anilines is 3. The van der Waals surface area contributed by atoms with E-state index in [4.69, 9.17) is 11.5 Å². The smallest absolute Gasteiger partial charge is 0.163 e. The molecule has 0 amide bonds. The van der Waals surface area contributed by atoms with E-state index < -0.39 is 0 Å².